The van der Waals surface area contributed by atoms with Gasteiger partial charge >= 0.3 is 5.97 Å². The molecule has 7 heteroatoms. The number of H-pyrrole nitrogens is 1. The Morgan fingerprint density at radius 2 is 1.97 bits per heavy atom. The fraction of sp³-hybridized carbons (Fsp3) is 0.393. The molecule has 2 aromatic carbocycles. The number of fused-ring (bicyclic) bond motifs is 3. The van der Waals surface area contributed by atoms with Crippen molar-refractivity contribution in [2.45, 2.75) is 39.0 Å². The highest BCUT2D eigenvalue weighted by molar-refractivity contribution is 6.12. The van der Waals surface area contributed by atoms with E-state index in [0.29, 0.717) is 12.0 Å². The van der Waals surface area contributed by atoms with Crippen LogP contribution in [0.3, 0.4) is 0 Å². The summed E-state index contributed by atoms with van der Waals surface area (Å²) in [7, 11) is 1.40. The van der Waals surface area contributed by atoms with E-state index < -0.39 is 0 Å². The van der Waals surface area contributed by atoms with Crippen LogP contribution in [0.5, 0.6) is 0 Å². The number of piperidine rings is 1. The number of ether oxygens (including phenoxy) is 1. The van der Waals surface area contributed by atoms with Crippen LogP contribution < -0.4 is 5.32 Å². The van der Waals surface area contributed by atoms with Crippen LogP contribution in [0.1, 0.15) is 53.0 Å². The van der Waals surface area contributed by atoms with Crippen molar-refractivity contribution >= 4 is 33.7 Å². The third-order valence-electron chi connectivity index (χ3n) is 6.76. The van der Waals surface area contributed by atoms with Crippen LogP contribution in [0.25, 0.3) is 21.9 Å². The van der Waals surface area contributed by atoms with E-state index in [0.717, 1.165) is 53.1 Å². The van der Waals surface area contributed by atoms with Gasteiger partial charge in [0.15, 0.2) is 0 Å². The molecule has 182 valence electrons. The second kappa shape index (κ2) is 10.4. The fourth-order valence-electron chi connectivity index (χ4n) is 4.99. The molecule has 5 rings (SSSR count). The quantitative estimate of drug-likeness (QED) is 0.275. The van der Waals surface area contributed by atoms with Crippen molar-refractivity contribution in [2.75, 3.05) is 38.6 Å². The van der Waals surface area contributed by atoms with E-state index in [1.54, 1.807) is 6.07 Å². The van der Waals surface area contributed by atoms with Crippen LogP contribution in [0.4, 0.5) is 5.82 Å². The van der Waals surface area contributed by atoms with Crippen molar-refractivity contribution in [3.63, 3.8) is 0 Å². The smallest absolute Gasteiger partial charge is 0.337 e. The Balaban J connectivity index is 1.45. The molecule has 35 heavy (non-hydrogen) atoms. The topological polar surface area (TPSA) is 83.1 Å². The molecule has 0 amide bonds. The summed E-state index contributed by atoms with van der Waals surface area (Å²) in [5, 5.41) is 5.56. The average Bonchev–Trinajstić information content (AvgIpc) is 3.24. The van der Waals surface area contributed by atoms with Gasteiger partial charge in [0.05, 0.1) is 18.1 Å². The minimum atomic E-state index is -0.354. The molecular weight excluding hydrogens is 438 g/mol. The Kier molecular flexibility index (Phi) is 6.95. The number of aryl methyl sites for hydroxylation is 1. The van der Waals surface area contributed by atoms with Gasteiger partial charge in [-0.3, -0.25) is 0 Å². The Morgan fingerprint density at radius 3 is 2.77 bits per heavy atom. The third kappa shape index (κ3) is 5.30. The molecule has 1 aliphatic rings. The van der Waals surface area contributed by atoms with E-state index >= 15 is 0 Å². The minimum Gasteiger partial charge on any atom is -0.465 e. The predicted molar refractivity (Wildman–Crippen MR) is 140 cm³/mol. The van der Waals surface area contributed by atoms with Gasteiger partial charge in [0.2, 0.25) is 0 Å². The van der Waals surface area contributed by atoms with Crippen molar-refractivity contribution in [3.8, 4) is 0 Å². The number of carbonyl (C=O) groups excluding carboxylic acids is 1. The zero-order valence-electron chi connectivity index (χ0n) is 20.6. The fourth-order valence-corrected chi connectivity index (χ4v) is 4.99. The summed E-state index contributed by atoms with van der Waals surface area (Å²) in [6.07, 6.45) is 5.70. The number of methoxy groups -OCH3 is 1. The number of hydrogen-bond donors (Lipinski definition) is 2. The van der Waals surface area contributed by atoms with Gasteiger partial charge in [-0.05, 0) is 63.5 Å². The number of likely N-dealkylation sites (tertiary alicyclic amines) is 1. The summed E-state index contributed by atoms with van der Waals surface area (Å²) < 4.78 is 4.90. The molecular formula is C28H33N5O2. The zero-order valence-corrected chi connectivity index (χ0v) is 20.6. The van der Waals surface area contributed by atoms with Gasteiger partial charge in [-0.25, -0.2) is 14.8 Å². The maximum absolute atomic E-state index is 12.0. The first kappa shape index (κ1) is 23.3. The van der Waals surface area contributed by atoms with E-state index in [1.165, 1.54) is 50.6 Å². The van der Waals surface area contributed by atoms with E-state index in [2.05, 4.69) is 46.4 Å². The molecule has 2 N–H and O–H groups in total. The molecule has 2 aromatic heterocycles. The zero-order chi connectivity index (χ0) is 24.2. The molecule has 1 fully saturated rings. The van der Waals surface area contributed by atoms with Crippen molar-refractivity contribution < 1.29 is 9.53 Å². The molecule has 7 nitrogen and oxygen atoms in total. The Morgan fingerprint density at radius 1 is 1.11 bits per heavy atom. The van der Waals surface area contributed by atoms with E-state index in [-0.39, 0.29) is 5.97 Å². The molecule has 4 aromatic rings. The number of benzene rings is 2. The molecule has 0 unspecified atom stereocenters. The van der Waals surface area contributed by atoms with Crippen LogP contribution in [0.15, 0.2) is 42.5 Å². The van der Waals surface area contributed by atoms with Crippen LogP contribution in [-0.2, 0) is 11.2 Å². The van der Waals surface area contributed by atoms with Crippen molar-refractivity contribution in [3.05, 3.63) is 65.0 Å². The summed E-state index contributed by atoms with van der Waals surface area (Å²) in [4.78, 5) is 27.8. The number of nitrogens with zero attached hydrogens (tertiary/aromatic N) is 3. The SMILES string of the molecule is COC(=O)c1ccc2c(c1)[nH]c1nc(Cc3cccc(C)c3)nc(NCCCN3CCCCC3)c12. The maximum atomic E-state index is 12.0. The number of carbonyl (C=O) groups is 1. The first-order valence-corrected chi connectivity index (χ1v) is 12.5. The molecule has 0 aliphatic carbocycles. The van der Waals surface area contributed by atoms with Crippen molar-refractivity contribution in [2.24, 2.45) is 0 Å². The highest BCUT2D eigenvalue weighted by Crippen LogP contribution is 2.31. The lowest BCUT2D eigenvalue weighted by Crippen LogP contribution is -2.31. The van der Waals surface area contributed by atoms with Gasteiger partial charge in [0, 0.05) is 23.9 Å². The number of hydrogen-bond acceptors (Lipinski definition) is 6. The number of aromatic nitrogens is 3. The number of aromatic amines is 1. The summed E-state index contributed by atoms with van der Waals surface area (Å²) in [6, 6.07) is 14.0. The summed E-state index contributed by atoms with van der Waals surface area (Å²) in [6.45, 7) is 6.47. The predicted octanol–water partition coefficient (Wildman–Crippen LogP) is 5.08. The lowest BCUT2D eigenvalue weighted by molar-refractivity contribution is 0.0601. The number of nitrogens with one attached hydrogen (secondary N) is 2. The molecule has 1 aliphatic heterocycles. The normalized spacial score (nSPS) is 14.5. The first-order valence-electron chi connectivity index (χ1n) is 12.5. The van der Waals surface area contributed by atoms with Gasteiger partial charge in [-0.2, -0.15) is 0 Å². The molecule has 1 saturated heterocycles. The third-order valence-corrected chi connectivity index (χ3v) is 6.76. The second-order valence-electron chi connectivity index (χ2n) is 9.44. The molecule has 0 radical (unpaired) electrons. The van der Waals surface area contributed by atoms with Crippen LogP contribution in [-0.4, -0.2) is 59.1 Å². The molecule has 0 atom stereocenters. The van der Waals surface area contributed by atoms with Gasteiger partial charge < -0.3 is 19.9 Å². The second-order valence-corrected chi connectivity index (χ2v) is 9.44. The summed E-state index contributed by atoms with van der Waals surface area (Å²) in [5.41, 5.74) is 4.54. The molecule has 0 bridgehead atoms. The highest BCUT2D eigenvalue weighted by atomic mass is 16.5. The van der Waals surface area contributed by atoms with Gasteiger partial charge in [0.1, 0.15) is 17.3 Å². The molecule has 0 spiro atoms. The Hall–Kier alpha value is -3.45. The van der Waals surface area contributed by atoms with Crippen molar-refractivity contribution in [1.29, 1.82) is 0 Å². The number of esters is 1. The first-order chi connectivity index (χ1) is 17.1. The van der Waals surface area contributed by atoms with E-state index in [1.807, 2.05) is 12.1 Å². The standard InChI is InChI=1S/C28H33N5O2/c1-19-8-6-9-20(16-19)17-24-31-26(29-12-7-15-33-13-4-3-5-14-33)25-22-11-10-21(28(34)35-2)18-23(22)30-27(25)32-24/h6,8-11,16,18H,3-5,7,12-15,17H2,1-2H3,(H2,29,30,31,32). The largest absolute Gasteiger partial charge is 0.465 e. The Bertz CT molecular complexity index is 1340. The van der Waals surface area contributed by atoms with Gasteiger partial charge in [-0.1, -0.05) is 42.3 Å². The monoisotopic (exact) mass is 471 g/mol. The molecule has 0 saturated carbocycles. The highest BCUT2D eigenvalue weighted by Gasteiger charge is 2.16. The lowest BCUT2D eigenvalue weighted by Gasteiger charge is -2.26. The van der Waals surface area contributed by atoms with Crippen LogP contribution >= 0.6 is 0 Å². The number of anilines is 1. The average molecular weight is 472 g/mol. The Labute approximate surface area is 205 Å². The molecule has 3 heterocycles. The number of rotatable bonds is 8. The summed E-state index contributed by atoms with van der Waals surface area (Å²) in [5.74, 6) is 1.25. The van der Waals surface area contributed by atoms with Crippen LogP contribution in [0, 0.1) is 6.92 Å². The van der Waals surface area contributed by atoms with Crippen LogP contribution in [0.2, 0.25) is 0 Å². The van der Waals surface area contributed by atoms with E-state index in [4.69, 9.17) is 14.7 Å². The lowest BCUT2D eigenvalue weighted by atomic mass is 10.1. The van der Waals surface area contributed by atoms with Gasteiger partial charge in [-0.15, -0.1) is 0 Å². The van der Waals surface area contributed by atoms with Gasteiger partial charge in [0.25, 0.3) is 0 Å². The van der Waals surface area contributed by atoms with E-state index in [9.17, 15) is 4.79 Å². The maximum Gasteiger partial charge on any atom is 0.337 e. The minimum absolute atomic E-state index is 0.354. The van der Waals surface area contributed by atoms with Crippen molar-refractivity contribution in [1.82, 2.24) is 19.9 Å². The summed E-state index contributed by atoms with van der Waals surface area (Å²) >= 11 is 0.